The molecule has 1 aliphatic carbocycles. The Kier molecular flexibility index (Phi) is 8.88. The zero-order valence-electron chi connectivity index (χ0n) is 16.1. The lowest BCUT2D eigenvalue weighted by molar-refractivity contribution is 0.415. The average Bonchev–Trinajstić information content (AvgIpc) is 2.92. The molecular formula is C19H27Cl2N5O. The third kappa shape index (κ3) is 6.70. The van der Waals surface area contributed by atoms with E-state index >= 15 is 0 Å². The minimum Gasteiger partial charge on any atom is -0.495 e. The lowest BCUT2D eigenvalue weighted by Crippen LogP contribution is -2.20. The molecule has 1 saturated carbocycles. The average molecular weight is 412 g/mol. The van der Waals surface area contributed by atoms with Crippen molar-refractivity contribution in [3.63, 3.8) is 0 Å². The van der Waals surface area contributed by atoms with Crippen molar-refractivity contribution in [2.24, 2.45) is 0 Å². The minimum atomic E-state index is 0.147. The fourth-order valence-corrected chi connectivity index (χ4v) is 3.37. The normalized spacial score (nSPS) is 14.6. The van der Waals surface area contributed by atoms with E-state index in [0.29, 0.717) is 28.7 Å². The number of hydrogen-bond donors (Lipinski definition) is 2. The van der Waals surface area contributed by atoms with E-state index in [1.165, 1.54) is 25.7 Å². The summed E-state index contributed by atoms with van der Waals surface area (Å²) in [5.74, 6) is 1.47. The monoisotopic (exact) mass is 411 g/mol. The molecular weight excluding hydrogens is 385 g/mol. The first-order valence-corrected chi connectivity index (χ1v) is 10.2. The van der Waals surface area contributed by atoms with Crippen molar-refractivity contribution >= 4 is 40.8 Å². The molecule has 0 aliphatic heterocycles. The Bertz CT molecular complexity index is 721. The van der Waals surface area contributed by atoms with E-state index in [1.807, 2.05) is 19.9 Å². The van der Waals surface area contributed by atoms with Crippen molar-refractivity contribution in [2.45, 2.75) is 58.4 Å². The van der Waals surface area contributed by atoms with Gasteiger partial charge in [-0.05, 0) is 42.6 Å². The molecule has 0 radical (unpaired) electrons. The molecule has 148 valence electrons. The number of methoxy groups -OCH3 is 1. The van der Waals surface area contributed by atoms with E-state index in [2.05, 4.69) is 25.6 Å². The fourth-order valence-electron chi connectivity index (χ4n) is 2.95. The van der Waals surface area contributed by atoms with Crippen LogP contribution in [0.4, 0.5) is 17.6 Å². The lowest BCUT2D eigenvalue weighted by atomic mass is 10.1. The third-order valence-electron chi connectivity index (χ3n) is 4.20. The van der Waals surface area contributed by atoms with Gasteiger partial charge in [-0.3, -0.25) is 0 Å². The third-order valence-corrected chi connectivity index (χ3v) is 4.67. The minimum absolute atomic E-state index is 0.147. The van der Waals surface area contributed by atoms with Gasteiger partial charge in [0.2, 0.25) is 17.2 Å². The number of rotatable bonds is 5. The molecule has 0 unspecified atom stereocenters. The Morgan fingerprint density at radius 3 is 2.26 bits per heavy atom. The summed E-state index contributed by atoms with van der Waals surface area (Å²) < 4.78 is 5.15. The van der Waals surface area contributed by atoms with Gasteiger partial charge in [0, 0.05) is 11.7 Å². The van der Waals surface area contributed by atoms with Gasteiger partial charge in [0.25, 0.3) is 0 Å². The summed E-state index contributed by atoms with van der Waals surface area (Å²) in [5, 5.41) is 7.14. The molecule has 3 rings (SSSR count). The van der Waals surface area contributed by atoms with Crippen LogP contribution in [0.1, 0.15) is 52.4 Å². The van der Waals surface area contributed by atoms with E-state index in [4.69, 9.17) is 27.9 Å². The fraction of sp³-hybridized carbons (Fsp3) is 0.526. The van der Waals surface area contributed by atoms with Crippen molar-refractivity contribution in [3.05, 3.63) is 28.5 Å². The number of ether oxygens (including phenoxy) is 1. The largest absolute Gasteiger partial charge is 0.495 e. The molecule has 0 saturated heterocycles. The molecule has 1 aromatic carbocycles. The Balaban J connectivity index is 0.00000126. The Labute approximate surface area is 171 Å². The predicted molar refractivity (Wildman–Crippen MR) is 113 cm³/mol. The molecule has 2 aromatic rings. The second kappa shape index (κ2) is 11.1. The number of halogens is 2. The molecule has 0 spiro atoms. The highest BCUT2D eigenvalue weighted by Gasteiger charge is 2.14. The van der Waals surface area contributed by atoms with Gasteiger partial charge >= 0.3 is 0 Å². The smallest absolute Gasteiger partial charge is 0.233 e. The SMILES string of the molecule is CC.COc1ccc(Nc2nc(Cl)nc(NC3CCCCCC3)n2)cc1Cl. The first-order valence-electron chi connectivity index (χ1n) is 9.43. The van der Waals surface area contributed by atoms with E-state index in [0.717, 1.165) is 18.5 Å². The van der Waals surface area contributed by atoms with Crippen LogP contribution in [0.25, 0.3) is 0 Å². The van der Waals surface area contributed by atoms with Crippen molar-refractivity contribution in [1.82, 2.24) is 15.0 Å². The molecule has 1 heterocycles. The molecule has 1 aliphatic rings. The molecule has 0 amide bonds. The van der Waals surface area contributed by atoms with Crippen LogP contribution in [0.5, 0.6) is 5.75 Å². The standard InChI is InChI=1S/C17H21Cl2N5O.C2H6/c1-25-14-9-8-12(10-13(14)18)21-17-23-15(19)22-16(24-17)20-11-6-4-2-3-5-7-11;1-2/h8-11H,2-7H2,1H3,(H2,20,21,22,23,24);1-2H3. The van der Waals surface area contributed by atoms with E-state index in [1.54, 1.807) is 19.2 Å². The summed E-state index contributed by atoms with van der Waals surface area (Å²) in [7, 11) is 1.57. The Hall–Kier alpha value is -1.79. The number of hydrogen-bond acceptors (Lipinski definition) is 6. The molecule has 6 nitrogen and oxygen atoms in total. The Morgan fingerprint density at radius 2 is 1.63 bits per heavy atom. The van der Waals surface area contributed by atoms with E-state index in [9.17, 15) is 0 Å². The maximum Gasteiger partial charge on any atom is 0.233 e. The highest BCUT2D eigenvalue weighted by molar-refractivity contribution is 6.32. The van der Waals surface area contributed by atoms with E-state index < -0.39 is 0 Å². The van der Waals surface area contributed by atoms with Crippen LogP contribution in [0.3, 0.4) is 0 Å². The molecule has 27 heavy (non-hydrogen) atoms. The van der Waals surface area contributed by atoms with Crippen molar-refractivity contribution in [1.29, 1.82) is 0 Å². The van der Waals surface area contributed by atoms with Gasteiger partial charge in [0.1, 0.15) is 5.75 Å². The molecule has 8 heteroatoms. The number of benzene rings is 1. The molecule has 0 bridgehead atoms. The molecule has 1 aromatic heterocycles. The van der Waals surface area contributed by atoms with Gasteiger partial charge in [-0.15, -0.1) is 0 Å². The summed E-state index contributed by atoms with van der Waals surface area (Å²) in [6.07, 6.45) is 7.29. The van der Waals surface area contributed by atoms with Crippen molar-refractivity contribution < 1.29 is 4.74 Å². The number of nitrogens with zero attached hydrogens (tertiary/aromatic N) is 3. The molecule has 1 fully saturated rings. The van der Waals surface area contributed by atoms with Crippen molar-refractivity contribution in [2.75, 3.05) is 17.7 Å². The summed E-state index contributed by atoms with van der Waals surface area (Å²) >= 11 is 12.2. The summed E-state index contributed by atoms with van der Waals surface area (Å²) in [4.78, 5) is 12.7. The van der Waals surface area contributed by atoms with Crippen LogP contribution >= 0.6 is 23.2 Å². The second-order valence-electron chi connectivity index (χ2n) is 6.06. The first kappa shape index (κ1) is 21.5. The number of aromatic nitrogens is 3. The topological polar surface area (TPSA) is 72.0 Å². The number of nitrogens with one attached hydrogen (secondary N) is 2. The Morgan fingerprint density at radius 1 is 0.963 bits per heavy atom. The lowest BCUT2D eigenvalue weighted by Gasteiger charge is -2.16. The van der Waals surface area contributed by atoms with Gasteiger partial charge in [0.15, 0.2) is 0 Å². The van der Waals surface area contributed by atoms with Crippen LogP contribution in [-0.4, -0.2) is 28.1 Å². The summed E-state index contributed by atoms with van der Waals surface area (Å²) in [6.45, 7) is 4.00. The maximum absolute atomic E-state index is 6.15. The van der Waals surface area contributed by atoms with Crippen LogP contribution in [0.15, 0.2) is 18.2 Å². The zero-order valence-corrected chi connectivity index (χ0v) is 17.6. The first-order chi connectivity index (χ1) is 13.1. The predicted octanol–water partition coefficient (Wildman–Crippen LogP) is 6.09. The van der Waals surface area contributed by atoms with Crippen LogP contribution < -0.4 is 15.4 Å². The van der Waals surface area contributed by atoms with Crippen LogP contribution in [-0.2, 0) is 0 Å². The summed E-state index contributed by atoms with van der Waals surface area (Å²) in [6, 6.07) is 5.74. The van der Waals surface area contributed by atoms with Crippen molar-refractivity contribution in [3.8, 4) is 5.75 Å². The van der Waals surface area contributed by atoms with Gasteiger partial charge in [-0.25, -0.2) is 0 Å². The van der Waals surface area contributed by atoms with Gasteiger partial charge in [0.05, 0.1) is 12.1 Å². The van der Waals surface area contributed by atoms with E-state index in [-0.39, 0.29) is 5.28 Å². The van der Waals surface area contributed by atoms with Crippen LogP contribution in [0, 0.1) is 0 Å². The quantitative estimate of drug-likeness (QED) is 0.579. The van der Waals surface area contributed by atoms with Crippen LogP contribution in [0.2, 0.25) is 10.3 Å². The maximum atomic E-state index is 6.15. The number of anilines is 3. The molecule has 0 atom stereocenters. The molecule has 2 N–H and O–H groups in total. The van der Waals surface area contributed by atoms with Gasteiger partial charge in [-0.1, -0.05) is 51.1 Å². The van der Waals surface area contributed by atoms with Gasteiger partial charge < -0.3 is 15.4 Å². The highest BCUT2D eigenvalue weighted by atomic mass is 35.5. The second-order valence-corrected chi connectivity index (χ2v) is 6.80. The zero-order chi connectivity index (χ0) is 19.6. The summed E-state index contributed by atoms with van der Waals surface area (Å²) in [5.41, 5.74) is 0.744. The highest BCUT2D eigenvalue weighted by Crippen LogP contribution is 2.28. The van der Waals surface area contributed by atoms with Gasteiger partial charge in [-0.2, -0.15) is 15.0 Å².